The number of nitrogens with one attached hydrogen (secondary N) is 2. The van der Waals surface area contributed by atoms with Gasteiger partial charge in [0, 0.05) is 6.54 Å². The predicted molar refractivity (Wildman–Crippen MR) is 91.9 cm³/mol. The first kappa shape index (κ1) is 15.6. The molecule has 1 fully saturated rings. The van der Waals surface area contributed by atoms with E-state index in [0.717, 1.165) is 42.9 Å². The Labute approximate surface area is 136 Å². The predicted octanol–water partition coefficient (Wildman–Crippen LogP) is 3.73. The van der Waals surface area contributed by atoms with Crippen molar-refractivity contribution in [2.24, 2.45) is 5.92 Å². The summed E-state index contributed by atoms with van der Waals surface area (Å²) < 4.78 is 5.92. The molecular formula is C19H22N2O2. The Morgan fingerprint density at radius 3 is 2.78 bits per heavy atom. The number of hydrogen-bond donors (Lipinski definition) is 2. The molecule has 1 heterocycles. The van der Waals surface area contributed by atoms with Crippen molar-refractivity contribution in [1.29, 1.82) is 0 Å². The van der Waals surface area contributed by atoms with E-state index in [9.17, 15) is 4.79 Å². The Morgan fingerprint density at radius 1 is 1.22 bits per heavy atom. The number of benzene rings is 2. The fourth-order valence-electron chi connectivity index (χ4n) is 2.76. The highest BCUT2D eigenvalue weighted by Crippen LogP contribution is 2.31. The maximum atomic E-state index is 12.5. The highest BCUT2D eigenvalue weighted by molar-refractivity contribution is 5.94. The van der Waals surface area contributed by atoms with Crippen LogP contribution in [-0.4, -0.2) is 19.0 Å². The first-order valence-electron chi connectivity index (χ1n) is 8.07. The Bertz CT molecular complexity index is 664. The Hall–Kier alpha value is -2.33. The van der Waals surface area contributed by atoms with Gasteiger partial charge < -0.3 is 15.4 Å². The van der Waals surface area contributed by atoms with Gasteiger partial charge >= 0.3 is 0 Å². The van der Waals surface area contributed by atoms with Gasteiger partial charge in [-0.1, -0.05) is 24.3 Å². The van der Waals surface area contributed by atoms with E-state index in [4.69, 9.17) is 4.74 Å². The topological polar surface area (TPSA) is 50.4 Å². The average molecular weight is 310 g/mol. The molecule has 1 atom stereocenters. The van der Waals surface area contributed by atoms with E-state index >= 15 is 0 Å². The summed E-state index contributed by atoms with van der Waals surface area (Å²) in [6.45, 7) is 3.74. The molecule has 0 saturated carbocycles. The van der Waals surface area contributed by atoms with Crippen molar-refractivity contribution in [3.05, 3.63) is 54.1 Å². The van der Waals surface area contributed by atoms with E-state index in [1.807, 2.05) is 55.5 Å². The summed E-state index contributed by atoms with van der Waals surface area (Å²) in [6, 6.07) is 15.4. The normalized spacial score (nSPS) is 17.5. The molecule has 1 unspecified atom stereocenters. The van der Waals surface area contributed by atoms with Crippen LogP contribution in [-0.2, 0) is 4.79 Å². The standard InChI is InChI=1S/C19H22N2O2/c1-14-9-10-18(23-16-7-3-2-4-8-16)17(12-14)21-19(22)15-6-5-11-20-13-15/h2-4,7-10,12,15,20H,5-6,11,13H2,1H3,(H,21,22). The first-order valence-corrected chi connectivity index (χ1v) is 8.07. The molecule has 1 aliphatic heterocycles. The molecule has 120 valence electrons. The van der Waals surface area contributed by atoms with Crippen molar-refractivity contribution in [2.75, 3.05) is 18.4 Å². The molecule has 2 N–H and O–H groups in total. The number of para-hydroxylation sites is 1. The van der Waals surface area contributed by atoms with Crippen LogP contribution in [0, 0.1) is 12.8 Å². The van der Waals surface area contributed by atoms with Crippen LogP contribution in [0.5, 0.6) is 11.5 Å². The van der Waals surface area contributed by atoms with Gasteiger partial charge in [0.05, 0.1) is 11.6 Å². The molecule has 1 saturated heterocycles. The molecule has 0 aromatic heterocycles. The molecule has 1 aliphatic rings. The molecule has 3 rings (SSSR count). The second-order valence-corrected chi connectivity index (χ2v) is 5.95. The van der Waals surface area contributed by atoms with Crippen molar-refractivity contribution < 1.29 is 9.53 Å². The first-order chi connectivity index (χ1) is 11.2. The lowest BCUT2D eigenvalue weighted by Crippen LogP contribution is -2.37. The quantitative estimate of drug-likeness (QED) is 0.905. The highest BCUT2D eigenvalue weighted by Gasteiger charge is 2.22. The van der Waals surface area contributed by atoms with Crippen molar-refractivity contribution in [3.63, 3.8) is 0 Å². The molecule has 23 heavy (non-hydrogen) atoms. The van der Waals surface area contributed by atoms with Crippen molar-refractivity contribution >= 4 is 11.6 Å². The molecule has 0 aliphatic carbocycles. The fraction of sp³-hybridized carbons (Fsp3) is 0.316. The second kappa shape index (κ2) is 7.29. The summed E-state index contributed by atoms with van der Waals surface area (Å²) in [5.74, 6) is 1.50. The van der Waals surface area contributed by atoms with E-state index in [2.05, 4.69) is 10.6 Å². The number of rotatable bonds is 4. The molecule has 2 aromatic rings. The van der Waals surface area contributed by atoms with Crippen LogP contribution in [0.2, 0.25) is 0 Å². The largest absolute Gasteiger partial charge is 0.455 e. The number of carbonyl (C=O) groups excluding carboxylic acids is 1. The van der Waals surface area contributed by atoms with Crippen LogP contribution in [0.3, 0.4) is 0 Å². The minimum Gasteiger partial charge on any atom is -0.455 e. The minimum absolute atomic E-state index is 0.0221. The summed E-state index contributed by atoms with van der Waals surface area (Å²) in [6.07, 6.45) is 1.97. The highest BCUT2D eigenvalue weighted by atomic mass is 16.5. The number of anilines is 1. The van der Waals surface area contributed by atoms with Gasteiger partial charge in [-0.15, -0.1) is 0 Å². The number of amides is 1. The van der Waals surface area contributed by atoms with Gasteiger partial charge in [-0.2, -0.15) is 0 Å². The van der Waals surface area contributed by atoms with Crippen molar-refractivity contribution in [1.82, 2.24) is 5.32 Å². The molecule has 4 nitrogen and oxygen atoms in total. The van der Waals surface area contributed by atoms with Gasteiger partial charge in [0.15, 0.2) is 5.75 Å². The smallest absolute Gasteiger partial charge is 0.228 e. The van der Waals surface area contributed by atoms with E-state index in [0.29, 0.717) is 5.75 Å². The lowest BCUT2D eigenvalue weighted by molar-refractivity contribution is -0.120. The van der Waals surface area contributed by atoms with Crippen LogP contribution >= 0.6 is 0 Å². The van der Waals surface area contributed by atoms with Gasteiger partial charge in [0.1, 0.15) is 5.75 Å². The molecule has 4 heteroatoms. The zero-order valence-electron chi connectivity index (χ0n) is 13.3. The van der Waals surface area contributed by atoms with E-state index in [-0.39, 0.29) is 11.8 Å². The third-order valence-corrected chi connectivity index (χ3v) is 4.03. The second-order valence-electron chi connectivity index (χ2n) is 5.95. The van der Waals surface area contributed by atoms with Crippen LogP contribution in [0.15, 0.2) is 48.5 Å². The zero-order valence-corrected chi connectivity index (χ0v) is 13.3. The van der Waals surface area contributed by atoms with Gasteiger partial charge in [-0.3, -0.25) is 4.79 Å². The van der Waals surface area contributed by atoms with Crippen molar-refractivity contribution in [3.8, 4) is 11.5 Å². The third-order valence-electron chi connectivity index (χ3n) is 4.03. The molecule has 0 spiro atoms. The molecule has 0 radical (unpaired) electrons. The molecule has 0 bridgehead atoms. The Morgan fingerprint density at radius 2 is 2.04 bits per heavy atom. The summed E-state index contributed by atoms with van der Waals surface area (Å²) in [5, 5.41) is 6.31. The zero-order chi connectivity index (χ0) is 16.1. The molecular weight excluding hydrogens is 288 g/mol. The van der Waals surface area contributed by atoms with Gasteiger partial charge in [0.25, 0.3) is 0 Å². The van der Waals surface area contributed by atoms with E-state index in [1.165, 1.54) is 0 Å². The fourth-order valence-corrected chi connectivity index (χ4v) is 2.76. The van der Waals surface area contributed by atoms with Gasteiger partial charge in [0.2, 0.25) is 5.91 Å². The molecule has 1 amide bonds. The van der Waals surface area contributed by atoms with Gasteiger partial charge in [-0.25, -0.2) is 0 Å². The monoisotopic (exact) mass is 310 g/mol. The lowest BCUT2D eigenvalue weighted by Gasteiger charge is -2.22. The van der Waals surface area contributed by atoms with Crippen molar-refractivity contribution in [2.45, 2.75) is 19.8 Å². The SMILES string of the molecule is Cc1ccc(Oc2ccccc2)c(NC(=O)C2CCCNC2)c1. The number of ether oxygens (including phenoxy) is 1. The van der Waals surface area contributed by atoms with E-state index in [1.54, 1.807) is 0 Å². The minimum atomic E-state index is 0.0221. The number of piperidine rings is 1. The molecule has 2 aromatic carbocycles. The number of carbonyl (C=O) groups is 1. The van der Waals surface area contributed by atoms with Crippen LogP contribution in [0.1, 0.15) is 18.4 Å². The summed E-state index contributed by atoms with van der Waals surface area (Å²) >= 11 is 0. The Kier molecular flexibility index (Phi) is 4.93. The Balaban J connectivity index is 1.77. The summed E-state index contributed by atoms with van der Waals surface area (Å²) in [7, 11) is 0. The maximum absolute atomic E-state index is 12.5. The number of aryl methyl sites for hydroxylation is 1. The summed E-state index contributed by atoms with van der Waals surface area (Å²) in [5.41, 5.74) is 1.81. The summed E-state index contributed by atoms with van der Waals surface area (Å²) in [4.78, 5) is 12.5. The average Bonchev–Trinajstić information content (AvgIpc) is 2.59. The third kappa shape index (κ3) is 4.11. The lowest BCUT2D eigenvalue weighted by atomic mass is 9.98. The van der Waals surface area contributed by atoms with Crippen LogP contribution in [0.4, 0.5) is 5.69 Å². The van der Waals surface area contributed by atoms with Crippen LogP contribution < -0.4 is 15.4 Å². The maximum Gasteiger partial charge on any atom is 0.228 e. The van der Waals surface area contributed by atoms with Gasteiger partial charge in [-0.05, 0) is 56.1 Å². The van der Waals surface area contributed by atoms with Crippen LogP contribution in [0.25, 0.3) is 0 Å². The van der Waals surface area contributed by atoms with E-state index < -0.39 is 0 Å². The number of hydrogen-bond acceptors (Lipinski definition) is 3.